The van der Waals surface area contributed by atoms with Crippen LogP contribution in [-0.2, 0) is 12.7 Å². The summed E-state index contributed by atoms with van der Waals surface area (Å²) in [6.07, 6.45) is -4.34. The van der Waals surface area contributed by atoms with Gasteiger partial charge in [0, 0.05) is 6.54 Å². The molecule has 6 nitrogen and oxygen atoms in total. The van der Waals surface area contributed by atoms with Gasteiger partial charge in [0.1, 0.15) is 11.6 Å². The first kappa shape index (κ1) is 16.7. The van der Waals surface area contributed by atoms with Gasteiger partial charge >= 0.3 is 6.18 Å². The molecule has 0 atom stereocenters. The van der Waals surface area contributed by atoms with Crippen molar-refractivity contribution in [2.75, 3.05) is 16.8 Å². The minimum atomic E-state index is -4.34. The van der Waals surface area contributed by atoms with E-state index in [1.165, 1.54) is 12.1 Å². The second kappa shape index (κ2) is 6.08. The summed E-state index contributed by atoms with van der Waals surface area (Å²) in [5, 5.41) is 3.68. The number of nitrogens with zero attached hydrogens (tertiary/aromatic N) is 3. The van der Waals surface area contributed by atoms with E-state index in [-0.39, 0.29) is 11.8 Å². The number of nitrogens with one attached hydrogen (secondary N) is 1. The fraction of sp³-hybridized carbons (Fsp3) is 0.188. The zero-order valence-electron chi connectivity index (χ0n) is 13.2. The zero-order chi connectivity index (χ0) is 18.2. The third-order valence-corrected chi connectivity index (χ3v) is 3.66. The molecular formula is C16H15F3N6. The number of nitrogens with two attached hydrogens (primary N) is 2. The quantitative estimate of drug-likeness (QED) is 0.672. The first-order valence-electron chi connectivity index (χ1n) is 7.34. The number of halogens is 3. The van der Waals surface area contributed by atoms with E-state index in [2.05, 4.69) is 20.3 Å². The summed E-state index contributed by atoms with van der Waals surface area (Å²) in [5.41, 5.74) is 12.6. The molecule has 2 heterocycles. The maximum atomic E-state index is 12.6. The van der Waals surface area contributed by atoms with Crippen LogP contribution in [0.2, 0.25) is 0 Å². The SMILES string of the molecule is Cc1cc(NCc2ccc(C(F)(F)F)cc2)nc2nc(N)nc(N)c12. The number of rotatable bonds is 3. The lowest BCUT2D eigenvalue weighted by Crippen LogP contribution is -2.07. The predicted molar refractivity (Wildman–Crippen MR) is 89.7 cm³/mol. The standard InChI is InChI=1S/C16H15F3N6/c1-8-6-11(23-14-12(8)13(20)24-15(21)25-14)22-7-9-2-4-10(5-3-9)16(17,18)19/h2-6H,7H2,1H3,(H5,20,21,22,23,24,25). The summed E-state index contributed by atoms with van der Waals surface area (Å²) in [6, 6.07) is 6.70. The van der Waals surface area contributed by atoms with Gasteiger partial charge in [0.2, 0.25) is 5.95 Å². The van der Waals surface area contributed by atoms with Crippen molar-refractivity contribution < 1.29 is 13.2 Å². The number of anilines is 3. The molecule has 0 saturated heterocycles. The van der Waals surface area contributed by atoms with Gasteiger partial charge in [0.05, 0.1) is 10.9 Å². The molecule has 0 fully saturated rings. The number of pyridine rings is 1. The lowest BCUT2D eigenvalue weighted by atomic mass is 10.1. The lowest BCUT2D eigenvalue weighted by Gasteiger charge is -2.11. The van der Waals surface area contributed by atoms with Crippen LogP contribution in [0.3, 0.4) is 0 Å². The van der Waals surface area contributed by atoms with Crippen molar-refractivity contribution >= 4 is 28.6 Å². The smallest absolute Gasteiger partial charge is 0.383 e. The van der Waals surface area contributed by atoms with E-state index in [1.54, 1.807) is 6.07 Å². The van der Waals surface area contributed by atoms with Gasteiger partial charge in [-0.3, -0.25) is 0 Å². The summed E-state index contributed by atoms with van der Waals surface area (Å²) in [4.78, 5) is 12.3. The Bertz CT molecular complexity index is 922. The molecule has 130 valence electrons. The highest BCUT2D eigenvalue weighted by Crippen LogP contribution is 2.29. The monoisotopic (exact) mass is 348 g/mol. The molecule has 0 spiro atoms. The summed E-state index contributed by atoms with van der Waals surface area (Å²) in [5.74, 6) is 0.793. The molecule has 5 N–H and O–H groups in total. The average Bonchev–Trinajstić information content (AvgIpc) is 2.51. The largest absolute Gasteiger partial charge is 0.416 e. The number of benzene rings is 1. The predicted octanol–water partition coefficient (Wildman–Crippen LogP) is 3.13. The minimum Gasteiger partial charge on any atom is -0.383 e. The summed E-state index contributed by atoms with van der Waals surface area (Å²) in [7, 11) is 0. The third-order valence-electron chi connectivity index (χ3n) is 3.66. The Kier molecular flexibility index (Phi) is 4.07. The summed E-state index contributed by atoms with van der Waals surface area (Å²) < 4.78 is 37.7. The van der Waals surface area contributed by atoms with Gasteiger partial charge in [-0.25, -0.2) is 4.98 Å². The Morgan fingerprint density at radius 3 is 2.36 bits per heavy atom. The van der Waals surface area contributed by atoms with Gasteiger partial charge in [-0.15, -0.1) is 0 Å². The van der Waals surface area contributed by atoms with Gasteiger partial charge in [0.15, 0.2) is 5.65 Å². The maximum Gasteiger partial charge on any atom is 0.416 e. The number of alkyl halides is 3. The molecule has 25 heavy (non-hydrogen) atoms. The molecule has 0 aliphatic carbocycles. The zero-order valence-corrected chi connectivity index (χ0v) is 13.2. The summed E-state index contributed by atoms with van der Waals surface area (Å²) >= 11 is 0. The molecular weight excluding hydrogens is 333 g/mol. The van der Waals surface area contributed by atoms with Crippen LogP contribution in [0.15, 0.2) is 30.3 Å². The highest BCUT2D eigenvalue weighted by atomic mass is 19.4. The minimum absolute atomic E-state index is 0.0248. The first-order chi connectivity index (χ1) is 11.7. The van der Waals surface area contributed by atoms with Crippen LogP contribution in [0.4, 0.5) is 30.8 Å². The van der Waals surface area contributed by atoms with Gasteiger partial charge in [-0.2, -0.15) is 23.1 Å². The Balaban J connectivity index is 1.82. The fourth-order valence-corrected chi connectivity index (χ4v) is 2.46. The number of nitrogen functional groups attached to an aromatic ring is 2. The Hall–Kier alpha value is -3.10. The first-order valence-corrected chi connectivity index (χ1v) is 7.34. The van der Waals surface area contributed by atoms with Crippen molar-refractivity contribution in [1.82, 2.24) is 15.0 Å². The number of hydrogen-bond acceptors (Lipinski definition) is 6. The highest BCUT2D eigenvalue weighted by Gasteiger charge is 2.29. The molecule has 2 aromatic heterocycles. The van der Waals surface area contributed by atoms with Crippen molar-refractivity contribution in [3.8, 4) is 0 Å². The van der Waals surface area contributed by atoms with Crippen LogP contribution in [0.5, 0.6) is 0 Å². The van der Waals surface area contributed by atoms with Gasteiger partial charge in [-0.1, -0.05) is 12.1 Å². The van der Waals surface area contributed by atoms with Crippen molar-refractivity contribution in [3.05, 3.63) is 47.0 Å². The van der Waals surface area contributed by atoms with E-state index >= 15 is 0 Å². The number of aryl methyl sites for hydroxylation is 1. The van der Waals surface area contributed by atoms with E-state index in [4.69, 9.17) is 11.5 Å². The van der Waals surface area contributed by atoms with Crippen molar-refractivity contribution in [3.63, 3.8) is 0 Å². The molecule has 0 saturated carbocycles. The molecule has 1 aromatic carbocycles. The van der Waals surface area contributed by atoms with E-state index in [0.717, 1.165) is 17.7 Å². The molecule has 0 bridgehead atoms. The van der Waals surface area contributed by atoms with Crippen molar-refractivity contribution in [2.24, 2.45) is 0 Å². The number of aromatic nitrogens is 3. The molecule has 3 rings (SSSR count). The van der Waals surface area contributed by atoms with Crippen LogP contribution in [0.1, 0.15) is 16.7 Å². The summed E-state index contributed by atoms with van der Waals surface area (Å²) in [6.45, 7) is 2.15. The molecule has 0 unspecified atom stereocenters. The second-order valence-electron chi connectivity index (χ2n) is 5.54. The van der Waals surface area contributed by atoms with Crippen LogP contribution in [0.25, 0.3) is 11.0 Å². The van der Waals surface area contributed by atoms with Crippen LogP contribution in [0, 0.1) is 6.92 Å². The molecule has 0 amide bonds. The van der Waals surface area contributed by atoms with Crippen molar-refractivity contribution in [1.29, 1.82) is 0 Å². The number of hydrogen-bond donors (Lipinski definition) is 3. The molecule has 0 aliphatic rings. The van der Waals surface area contributed by atoms with Gasteiger partial charge < -0.3 is 16.8 Å². The van der Waals surface area contributed by atoms with E-state index in [9.17, 15) is 13.2 Å². The van der Waals surface area contributed by atoms with Crippen LogP contribution >= 0.6 is 0 Å². The molecule has 9 heteroatoms. The molecule has 0 aliphatic heterocycles. The fourth-order valence-electron chi connectivity index (χ4n) is 2.46. The van der Waals surface area contributed by atoms with Crippen LogP contribution in [-0.4, -0.2) is 15.0 Å². The van der Waals surface area contributed by atoms with Crippen molar-refractivity contribution in [2.45, 2.75) is 19.6 Å². The average molecular weight is 348 g/mol. The highest BCUT2D eigenvalue weighted by molar-refractivity contribution is 5.90. The van der Waals surface area contributed by atoms with Crippen LogP contribution < -0.4 is 16.8 Å². The van der Waals surface area contributed by atoms with Gasteiger partial charge in [0.25, 0.3) is 0 Å². The Morgan fingerprint density at radius 2 is 1.72 bits per heavy atom. The third kappa shape index (κ3) is 3.54. The normalized spacial score (nSPS) is 11.7. The number of fused-ring (bicyclic) bond motifs is 1. The van der Waals surface area contributed by atoms with E-state index in [1.807, 2.05) is 6.92 Å². The molecule has 0 radical (unpaired) electrons. The second-order valence-corrected chi connectivity index (χ2v) is 5.54. The lowest BCUT2D eigenvalue weighted by molar-refractivity contribution is -0.137. The molecule has 3 aromatic rings. The van der Waals surface area contributed by atoms with E-state index < -0.39 is 11.7 Å². The topological polar surface area (TPSA) is 103 Å². The maximum absolute atomic E-state index is 12.6. The van der Waals surface area contributed by atoms with Gasteiger partial charge in [-0.05, 0) is 36.2 Å². The Morgan fingerprint density at radius 1 is 1.04 bits per heavy atom. The Labute approximate surface area is 141 Å². The van der Waals surface area contributed by atoms with E-state index in [0.29, 0.717) is 29.0 Å².